The highest BCUT2D eigenvalue weighted by Crippen LogP contribution is 2.32. The van der Waals surface area contributed by atoms with Gasteiger partial charge in [0.2, 0.25) is 11.9 Å². The van der Waals surface area contributed by atoms with E-state index in [1.165, 1.54) is 21.8 Å². The number of H-pyrrole nitrogens is 2. The van der Waals surface area contributed by atoms with Gasteiger partial charge in [0, 0.05) is 13.0 Å². The van der Waals surface area contributed by atoms with Crippen LogP contribution in [0.5, 0.6) is 0 Å². The first-order chi connectivity index (χ1) is 19.6. The Morgan fingerprint density at radius 3 is 2.22 bits per heavy atom. The van der Waals surface area contributed by atoms with Gasteiger partial charge in [0.05, 0.1) is 25.3 Å². The molecule has 4 aromatic rings. The van der Waals surface area contributed by atoms with Gasteiger partial charge in [-0.15, -0.1) is 0 Å². The number of ether oxygens (including phenoxy) is 2. The topological polar surface area (TPSA) is 299 Å². The largest absolute Gasteiger partial charge is 0.394 e. The number of nitrogens with zero attached hydrogens (tertiary/aromatic N) is 6. The van der Waals surface area contributed by atoms with Crippen molar-refractivity contribution in [3.63, 3.8) is 0 Å². The summed E-state index contributed by atoms with van der Waals surface area (Å²) in [6.45, 7) is -0.620. The molecule has 0 saturated carbocycles. The highest BCUT2D eigenvalue weighted by atomic mass is 16.6. The number of amides is 2. The van der Waals surface area contributed by atoms with Crippen LogP contribution in [0.1, 0.15) is 18.9 Å². The zero-order valence-electron chi connectivity index (χ0n) is 21.0. The number of imidazole rings is 2. The number of nitrogens with two attached hydrogens (primary N) is 2. The molecule has 2 fully saturated rings. The summed E-state index contributed by atoms with van der Waals surface area (Å²) in [5.41, 5.74) is 10.4. The molecule has 2 amide bonds. The van der Waals surface area contributed by atoms with Crippen LogP contribution in [0.15, 0.2) is 22.2 Å². The van der Waals surface area contributed by atoms with E-state index in [4.69, 9.17) is 20.9 Å². The van der Waals surface area contributed by atoms with Crippen LogP contribution in [0.4, 0.5) is 16.7 Å². The molecule has 0 spiro atoms. The maximum Gasteiger partial charge on any atom is 0.315 e. The summed E-state index contributed by atoms with van der Waals surface area (Å²) in [6, 6.07) is -1.31. The summed E-state index contributed by atoms with van der Waals surface area (Å²) in [6.07, 6.45) is -3.77. The van der Waals surface area contributed by atoms with Crippen LogP contribution in [0.2, 0.25) is 0 Å². The van der Waals surface area contributed by atoms with Gasteiger partial charge >= 0.3 is 6.03 Å². The van der Waals surface area contributed by atoms with Gasteiger partial charge < -0.3 is 46.9 Å². The molecule has 6 rings (SSSR count). The minimum Gasteiger partial charge on any atom is -0.394 e. The molecule has 6 heterocycles. The number of anilines is 2. The van der Waals surface area contributed by atoms with Gasteiger partial charge in [-0.3, -0.25) is 28.7 Å². The summed E-state index contributed by atoms with van der Waals surface area (Å²) in [7, 11) is 0. The Hall–Kier alpha value is -4.63. The molecule has 0 aliphatic carbocycles. The first kappa shape index (κ1) is 26.6. The average Bonchev–Trinajstić information content (AvgIpc) is 3.69. The van der Waals surface area contributed by atoms with Crippen LogP contribution in [0, 0.1) is 0 Å². The summed E-state index contributed by atoms with van der Waals surface area (Å²) in [4.78, 5) is 57.7. The number of aliphatic hydroxyl groups excluding tert-OH is 3. The smallest absolute Gasteiger partial charge is 0.315 e. The van der Waals surface area contributed by atoms with Gasteiger partial charge in [0.15, 0.2) is 28.6 Å². The van der Waals surface area contributed by atoms with Crippen molar-refractivity contribution in [2.24, 2.45) is 0 Å². The van der Waals surface area contributed by atoms with E-state index in [0.717, 1.165) is 0 Å². The van der Waals surface area contributed by atoms with E-state index in [1.807, 2.05) is 0 Å². The molecule has 11 N–H and O–H groups in total. The predicted molar refractivity (Wildman–Crippen MR) is 137 cm³/mol. The molecule has 20 heteroatoms. The molecule has 218 valence electrons. The number of aromatic nitrogens is 8. The van der Waals surface area contributed by atoms with Crippen LogP contribution < -0.4 is 33.2 Å². The van der Waals surface area contributed by atoms with Crippen molar-refractivity contribution < 1.29 is 29.6 Å². The lowest BCUT2D eigenvalue weighted by Crippen LogP contribution is -2.49. The zero-order chi connectivity index (χ0) is 29.0. The summed E-state index contributed by atoms with van der Waals surface area (Å²) in [5.74, 6) is -0.268. The van der Waals surface area contributed by atoms with E-state index < -0.39 is 66.7 Å². The normalized spacial score (nSPS) is 28.0. The average molecular weight is 575 g/mol. The predicted octanol–water partition coefficient (Wildman–Crippen LogP) is -4.02. The Kier molecular flexibility index (Phi) is 6.54. The second-order valence-electron chi connectivity index (χ2n) is 9.61. The molecule has 0 unspecified atom stereocenters. The molecule has 7 atom stereocenters. The number of nitrogens with one attached hydrogen (secondary N) is 4. The SMILES string of the molecule is Nc1nc2c(ncn2[C@@H]2O[C@H](CNC(=O)N[C@H]3C[C@H](n4cnc5c(=O)[nH]c(N)nc54)O[C@@H]3CO)[C@@H](O)[C@H]2O)c(=O)[nH]1. The minimum atomic E-state index is -1.44. The van der Waals surface area contributed by atoms with Crippen molar-refractivity contribution in [3.8, 4) is 0 Å². The lowest BCUT2D eigenvalue weighted by atomic mass is 10.1. The molecule has 2 saturated heterocycles. The van der Waals surface area contributed by atoms with Crippen molar-refractivity contribution in [2.45, 2.75) is 49.3 Å². The van der Waals surface area contributed by atoms with Crippen molar-refractivity contribution in [1.29, 1.82) is 0 Å². The molecule has 2 aliphatic heterocycles. The molecule has 4 aromatic heterocycles. The van der Waals surface area contributed by atoms with E-state index in [-0.39, 0.29) is 47.2 Å². The number of aliphatic hydroxyl groups is 3. The first-order valence-corrected chi connectivity index (χ1v) is 12.4. The van der Waals surface area contributed by atoms with E-state index >= 15 is 0 Å². The Morgan fingerprint density at radius 2 is 1.59 bits per heavy atom. The fourth-order valence-corrected chi connectivity index (χ4v) is 5.05. The Labute approximate surface area is 227 Å². The van der Waals surface area contributed by atoms with Crippen molar-refractivity contribution >= 4 is 40.3 Å². The number of carbonyl (C=O) groups excluding carboxylic acids is 1. The number of aromatic amines is 2. The zero-order valence-corrected chi connectivity index (χ0v) is 21.0. The van der Waals surface area contributed by atoms with Gasteiger partial charge in [-0.1, -0.05) is 0 Å². The van der Waals surface area contributed by atoms with E-state index in [0.29, 0.717) is 0 Å². The highest BCUT2D eigenvalue weighted by molar-refractivity contribution is 5.74. The van der Waals surface area contributed by atoms with Gasteiger partial charge in [-0.05, 0) is 0 Å². The number of hydrogen-bond donors (Lipinski definition) is 9. The molecule has 0 radical (unpaired) electrons. The van der Waals surface area contributed by atoms with Gasteiger partial charge in [-0.25, -0.2) is 14.8 Å². The molecule has 0 bridgehead atoms. The molecule has 2 aliphatic rings. The maximum absolute atomic E-state index is 12.7. The molecular weight excluding hydrogens is 548 g/mol. The molecular formula is C21H26N12O8. The van der Waals surface area contributed by atoms with Gasteiger partial charge in [-0.2, -0.15) is 9.97 Å². The summed E-state index contributed by atoms with van der Waals surface area (Å²) in [5, 5.41) is 36.3. The molecule has 41 heavy (non-hydrogen) atoms. The van der Waals surface area contributed by atoms with Crippen LogP contribution >= 0.6 is 0 Å². The van der Waals surface area contributed by atoms with Gasteiger partial charge in [0.1, 0.15) is 30.6 Å². The number of hydrogen-bond acceptors (Lipinski definition) is 14. The van der Waals surface area contributed by atoms with E-state index in [1.54, 1.807) is 0 Å². The summed E-state index contributed by atoms with van der Waals surface area (Å²) >= 11 is 0. The van der Waals surface area contributed by atoms with E-state index in [9.17, 15) is 29.7 Å². The number of nitrogen functional groups attached to an aromatic ring is 2. The van der Waals surface area contributed by atoms with Crippen LogP contribution in [0.25, 0.3) is 22.3 Å². The number of fused-ring (bicyclic) bond motifs is 2. The third-order valence-electron chi connectivity index (χ3n) is 7.02. The third-order valence-corrected chi connectivity index (χ3v) is 7.02. The highest BCUT2D eigenvalue weighted by Gasteiger charge is 2.45. The quantitative estimate of drug-likeness (QED) is 0.106. The van der Waals surface area contributed by atoms with Gasteiger partial charge in [0.25, 0.3) is 11.1 Å². The second-order valence-corrected chi connectivity index (χ2v) is 9.61. The summed E-state index contributed by atoms with van der Waals surface area (Å²) < 4.78 is 14.4. The van der Waals surface area contributed by atoms with Crippen LogP contribution in [-0.2, 0) is 9.47 Å². The first-order valence-electron chi connectivity index (χ1n) is 12.4. The fourth-order valence-electron chi connectivity index (χ4n) is 5.05. The lowest BCUT2D eigenvalue weighted by molar-refractivity contribution is -0.0336. The third kappa shape index (κ3) is 4.62. The molecule has 0 aromatic carbocycles. The fraction of sp³-hybridized carbons (Fsp3) is 0.476. The van der Waals surface area contributed by atoms with E-state index in [2.05, 4.69) is 40.5 Å². The minimum absolute atomic E-state index is 0.0318. The maximum atomic E-state index is 12.7. The Balaban J connectivity index is 1.10. The van der Waals surface area contributed by atoms with Crippen molar-refractivity contribution in [1.82, 2.24) is 49.7 Å². The van der Waals surface area contributed by atoms with Crippen molar-refractivity contribution in [3.05, 3.63) is 33.4 Å². The number of carbonyl (C=O) groups is 1. The number of rotatable bonds is 6. The molecule has 20 nitrogen and oxygen atoms in total. The number of urea groups is 1. The van der Waals surface area contributed by atoms with Crippen molar-refractivity contribution in [2.75, 3.05) is 24.6 Å². The Bertz CT molecular complexity index is 1730. The lowest BCUT2D eigenvalue weighted by Gasteiger charge is -2.20. The second kappa shape index (κ2) is 10.1. The monoisotopic (exact) mass is 574 g/mol. The van der Waals surface area contributed by atoms with Crippen LogP contribution in [-0.4, -0.2) is 104 Å². The Morgan fingerprint density at radius 1 is 0.976 bits per heavy atom. The van der Waals surface area contributed by atoms with Crippen LogP contribution in [0.3, 0.4) is 0 Å². The standard InChI is InChI=1S/C21H26N12O8/c22-19-28-14-10(16(37)30-19)25-4-32(14)9-1-6(8(3-34)40-9)27-21(39)24-2-7-12(35)13(36)18(41-7)33-5-26-11-15(33)29-20(23)31-17(11)38/h4-9,12-13,18,34-36H,1-3H2,(H2,24,27,39)(H3,22,28,30,37)(H3,23,29,31,38)/t6-,7+,8+,9+,12+,13+,18+/m0/s1.